The van der Waals surface area contributed by atoms with Gasteiger partial charge in [-0.25, -0.2) is 18.1 Å². The van der Waals surface area contributed by atoms with Gasteiger partial charge >= 0.3 is 0 Å². The van der Waals surface area contributed by atoms with Gasteiger partial charge in [-0.3, -0.25) is 0 Å². The molecule has 2 rings (SSSR count). The Morgan fingerprint density at radius 2 is 2.20 bits per heavy atom. The van der Waals surface area contributed by atoms with Crippen LogP contribution in [0.1, 0.15) is 28.4 Å². The third-order valence-corrected chi connectivity index (χ3v) is 5.11. The lowest BCUT2D eigenvalue weighted by molar-refractivity contribution is 0.581. The summed E-state index contributed by atoms with van der Waals surface area (Å²) < 4.78 is 27.0. The average Bonchev–Trinajstić information content (AvgIpc) is 2.82. The maximum atomic E-state index is 12.2. The minimum atomic E-state index is -3.53. The molecule has 7 heteroatoms. The molecule has 0 aliphatic carbocycles. The molecule has 108 valence electrons. The van der Waals surface area contributed by atoms with E-state index in [0.717, 1.165) is 15.4 Å². The molecule has 1 aromatic heterocycles. The summed E-state index contributed by atoms with van der Waals surface area (Å²) in [6.45, 7) is 3.95. The Labute approximate surface area is 122 Å². The van der Waals surface area contributed by atoms with Gasteiger partial charge in [-0.2, -0.15) is 0 Å². The van der Waals surface area contributed by atoms with Crippen molar-refractivity contribution >= 4 is 21.4 Å². The van der Waals surface area contributed by atoms with Crippen molar-refractivity contribution in [1.82, 2.24) is 9.71 Å². The molecule has 1 heterocycles. The predicted molar refractivity (Wildman–Crippen MR) is 79.9 cm³/mol. The van der Waals surface area contributed by atoms with Gasteiger partial charge in [0.25, 0.3) is 0 Å². The SMILES string of the molecule is Cc1ncc(CNS(=O)(=O)c2cccc(C(C)N)c2)s1. The number of aryl methyl sites for hydroxylation is 1. The molecule has 1 atom stereocenters. The Kier molecular flexibility index (Phi) is 4.54. The van der Waals surface area contributed by atoms with Gasteiger partial charge in [0.05, 0.1) is 9.90 Å². The summed E-state index contributed by atoms with van der Waals surface area (Å²) in [6, 6.07) is 6.48. The minimum Gasteiger partial charge on any atom is -0.324 e. The molecule has 0 saturated heterocycles. The number of benzene rings is 1. The zero-order chi connectivity index (χ0) is 14.8. The molecule has 1 aromatic carbocycles. The number of rotatable bonds is 5. The highest BCUT2D eigenvalue weighted by Crippen LogP contribution is 2.17. The number of sulfonamides is 1. The van der Waals surface area contributed by atoms with E-state index in [0.29, 0.717) is 0 Å². The summed E-state index contributed by atoms with van der Waals surface area (Å²) in [5, 5.41) is 0.915. The van der Waals surface area contributed by atoms with Crippen LogP contribution in [0.5, 0.6) is 0 Å². The highest BCUT2D eigenvalue weighted by molar-refractivity contribution is 7.89. The summed E-state index contributed by atoms with van der Waals surface area (Å²) in [5.74, 6) is 0. The molecule has 0 aliphatic heterocycles. The monoisotopic (exact) mass is 311 g/mol. The molecule has 5 nitrogen and oxygen atoms in total. The lowest BCUT2D eigenvalue weighted by Gasteiger charge is -2.09. The fourth-order valence-electron chi connectivity index (χ4n) is 1.70. The van der Waals surface area contributed by atoms with Crippen LogP contribution in [0.25, 0.3) is 0 Å². The Hall–Kier alpha value is -1.28. The van der Waals surface area contributed by atoms with Crippen LogP contribution in [0, 0.1) is 6.92 Å². The third kappa shape index (κ3) is 3.63. The van der Waals surface area contributed by atoms with E-state index in [-0.39, 0.29) is 17.5 Å². The molecule has 0 radical (unpaired) electrons. The van der Waals surface area contributed by atoms with E-state index in [4.69, 9.17) is 5.73 Å². The summed E-state index contributed by atoms with van der Waals surface area (Å²) in [5.41, 5.74) is 6.56. The third-order valence-electron chi connectivity index (χ3n) is 2.80. The van der Waals surface area contributed by atoms with Crippen LogP contribution in [0.4, 0.5) is 0 Å². The number of nitrogens with one attached hydrogen (secondary N) is 1. The van der Waals surface area contributed by atoms with Gasteiger partial charge in [0.2, 0.25) is 10.0 Å². The topological polar surface area (TPSA) is 85.1 Å². The first kappa shape index (κ1) is 15.1. The van der Waals surface area contributed by atoms with Crippen molar-refractivity contribution in [3.8, 4) is 0 Å². The summed E-state index contributed by atoms with van der Waals surface area (Å²) in [7, 11) is -3.53. The van der Waals surface area contributed by atoms with E-state index in [9.17, 15) is 8.42 Å². The largest absolute Gasteiger partial charge is 0.324 e. The van der Waals surface area contributed by atoms with Crippen LogP contribution in [-0.4, -0.2) is 13.4 Å². The van der Waals surface area contributed by atoms with Crippen LogP contribution in [-0.2, 0) is 16.6 Å². The van der Waals surface area contributed by atoms with Crippen LogP contribution >= 0.6 is 11.3 Å². The Morgan fingerprint density at radius 3 is 2.80 bits per heavy atom. The van der Waals surface area contributed by atoms with Crippen LogP contribution < -0.4 is 10.5 Å². The standard InChI is InChI=1S/C13H17N3O2S2/c1-9(14)11-4-3-5-13(6-11)20(17,18)16-8-12-7-15-10(2)19-12/h3-7,9,16H,8,14H2,1-2H3. The molecule has 1 unspecified atom stereocenters. The second-order valence-corrected chi connectivity index (χ2v) is 7.62. The molecule has 0 fully saturated rings. The molecule has 20 heavy (non-hydrogen) atoms. The first-order valence-corrected chi connectivity index (χ1v) is 8.45. The van der Waals surface area contributed by atoms with Crippen molar-refractivity contribution in [3.05, 3.63) is 45.9 Å². The molecule has 3 N–H and O–H groups in total. The minimum absolute atomic E-state index is 0.200. The molecule has 0 amide bonds. The van der Waals surface area contributed by atoms with Gasteiger partial charge in [-0.05, 0) is 31.5 Å². The first-order chi connectivity index (χ1) is 9.38. The van der Waals surface area contributed by atoms with Gasteiger partial charge in [0.15, 0.2) is 0 Å². The van der Waals surface area contributed by atoms with E-state index in [1.54, 1.807) is 24.4 Å². The zero-order valence-electron chi connectivity index (χ0n) is 11.3. The second-order valence-electron chi connectivity index (χ2n) is 4.53. The fourth-order valence-corrected chi connectivity index (χ4v) is 3.59. The number of aromatic nitrogens is 1. The van der Waals surface area contributed by atoms with Gasteiger partial charge < -0.3 is 5.73 Å². The maximum absolute atomic E-state index is 12.2. The van der Waals surface area contributed by atoms with Crippen LogP contribution in [0.3, 0.4) is 0 Å². The Morgan fingerprint density at radius 1 is 1.45 bits per heavy atom. The van der Waals surface area contributed by atoms with E-state index in [2.05, 4.69) is 9.71 Å². The second kappa shape index (κ2) is 6.01. The summed E-state index contributed by atoms with van der Waals surface area (Å²) in [4.78, 5) is 5.21. The lowest BCUT2D eigenvalue weighted by atomic mass is 10.1. The van der Waals surface area contributed by atoms with Crippen molar-refractivity contribution in [1.29, 1.82) is 0 Å². The van der Waals surface area contributed by atoms with Gasteiger partial charge in [-0.1, -0.05) is 12.1 Å². The van der Waals surface area contributed by atoms with Crippen molar-refractivity contribution in [3.63, 3.8) is 0 Å². The van der Waals surface area contributed by atoms with E-state index < -0.39 is 10.0 Å². The normalized spacial score (nSPS) is 13.3. The lowest BCUT2D eigenvalue weighted by Crippen LogP contribution is -2.23. The molecule has 0 spiro atoms. The summed E-state index contributed by atoms with van der Waals surface area (Å²) >= 11 is 1.47. The van der Waals surface area contributed by atoms with Crippen molar-refractivity contribution in [2.24, 2.45) is 5.73 Å². The number of hydrogen-bond acceptors (Lipinski definition) is 5. The molecule has 0 saturated carbocycles. The smallest absolute Gasteiger partial charge is 0.240 e. The van der Waals surface area contributed by atoms with Gasteiger partial charge in [-0.15, -0.1) is 11.3 Å². The Balaban J connectivity index is 2.15. The highest BCUT2D eigenvalue weighted by Gasteiger charge is 2.15. The molecule has 0 aliphatic rings. The predicted octanol–water partition coefficient (Wildman–Crippen LogP) is 1.95. The van der Waals surface area contributed by atoms with Crippen molar-refractivity contribution in [2.45, 2.75) is 31.3 Å². The summed E-state index contributed by atoms with van der Waals surface area (Å²) in [6.07, 6.45) is 1.68. The maximum Gasteiger partial charge on any atom is 0.240 e. The number of thiazole rings is 1. The molecular formula is C13H17N3O2S2. The van der Waals surface area contributed by atoms with Gasteiger partial charge in [0, 0.05) is 23.7 Å². The quantitative estimate of drug-likeness (QED) is 0.884. The Bertz CT molecular complexity index is 693. The van der Waals surface area contributed by atoms with E-state index >= 15 is 0 Å². The first-order valence-electron chi connectivity index (χ1n) is 6.15. The molecule has 2 aromatic rings. The highest BCUT2D eigenvalue weighted by atomic mass is 32.2. The number of hydrogen-bond donors (Lipinski definition) is 2. The fraction of sp³-hybridized carbons (Fsp3) is 0.308. The zero-order valence-corrected chi connectivity index (χ0v) is 13.0. The van der Waals surface area contributed by atoms with E-state index in [1.165, 1.54) is 11.3 Å². The number of nitrogens with zero attached hydrogens (tertiary/aromatic N) is 1. The molecular weight excluding hydrogens is 294 g/mol. The van der Waals surface area contributed by atoms with E-state index in [1.807, 2.05) is 19.9 Å². The molecule has 0 bridgehead atoms. The number of nitrogens with two attached hydrogens (primary N) is 1. The van der Waals surface area contributed by atoms with Crippen molar-refractivity contribution < 1.29 is 8.42 Å². The van der Waals surface area contributed by atoms with Crippen LogP contribution in [0.2, 0.25) is 0 Å². The van der Waals surface area contributed by atoms with Gasteiger partial charge in [0.1, 0.15) is 0 Å². The van der Waals surface area contributed by atoms with Crippen molar-refractivity contribution in [2.75, 3.05) is 0 Å². The van der Waals surface area contributed by atoms with Crippen LogP contribution in [0.15, 0.2) is 35.4 Å². The average molecular weight is 311 g/mol.